The van der Waals surface area contributed by atoms with Crippen LogP contribution in [0.15, 0.2) is 24.3 Å². The van der Waals surface area contributed by atoms with E-state index in [-0.39, 0.29) is 6.04 Å². The molecule has 100 valence electrons. The first-order valence-electron chi connectivity index (χ1n) is 7.21. The molecule has 0 bridgehead atoms. The van der Waals surface area contributed by atoms with Crippen molar-refractivity contribution in [3.8, 4) is 5.75 Å². The van der Waals surface area contributed by atoms with Crippen LogP contribution in [-0.4, -0.2) is 6.10 Å². The van der Waals surface area contributed by atoms with Gasteiger partial charge < -0.3 is 10.5 Å². The van der Waals surface area contributed by atoms with E-state index in [9.17, 15) is 0 Å². The van der Waals surface area contributed by atoms with Crippen LogP contribution in [0, 0.1) is 5.92 Å². The second-order valence-corrected chi connectivity index (χ2v) is 5.50. The first kappa shape index (κ1) is 13.4. The fourth-order valence-corrected chi connectivity index (χ4v) is 2.80. The number of ether oxygens (including phenoxy) is 1. The molecule has 0 spiro atoms. The Morgan fingerprint density at radius 3 is 2.50 bits per heavy atom. The molecule has 2 nitrogen and oxygen atoms in total. The molecule has 0 amide bonds. The summed E-state index contributed by atoms with van der Waals surface area (Å²) < 4.78 is 6.16. The first-order valence-corrected chi connectivity index (χ1v) is 7.21. The third-order valence-corrected chi connectivity index (χ3v) is 4.07. The lowest BCUT2D eigenvalue weighted by molar-refractivity contribution is 0.128. The van der Waals surface area contributed by atoms with E-state index in [2.05, 4.69) is 13.0 Å². The topological polar surface area (TPSA) is 35.2 Å². The second kappa shape index (κ2) is 6.24. The highest BCUT2D eigenvalue weighted by molar-refractivity contribution is 5.35. The van der Waals surface area contributed by atoms with E-state index in [0.717, 1.165) is 17.2 Å². The summed E-state index contributed by atoms with van der Waals surface area (Å²) in [5.74, 6) is 1.89. The van der Waals surface area contributed by atoms with Gasteiger partial charge in [0.1, 0.15) is 5.75 Å². The van der Waals surface area contributed by atoms with Crippen LogP contribution in [-0.2, 0) is 0 Å². The molecule has 1 atom stereocenters. The van der Waals surface area contributed by atoms with Crippen molar-refractivity contribution in [1.82, 2.24) is 0 Å². The molecule has 2 rings (SSSR count). The van der Waals surface area contributed by atoms with Crippen molar-refractivity contribution in [2.75, 3.05) is 0 Å². The maximum atomic E-state index is 6.16. The van der Waals surface area contributed by atoms with Crippen molar-refractivity contribution in [1.29, 1.82) is 0 Å². The van der Waals surface area contributed by atoms with E-state index < -0.39 is 0 Å². The van der Waals surface area contributed by atoms with Crippen LogP contribution in [0.3, 0.4) is 0 Å². The number of para-hydroxylation sites is 1. The fraction of sp³-hybridized carbons (Fsp3) is 0.625. The SMILES string of the molecule is CCC1CCC(Oc2ccccc2C(C)N)CC1. The van der Waals surface area contributed by atoms with E-state index in [4.69, 9.17) is 10.5 Å². The molecule has 1 aromatic carbocycles. The Labute approximate surface area is 111 Å². The molecule has 18 heavy (non-hydrogen) atoms. The number of hydrogen-bond donors (Lipinski definition) is 1. The highest BCUT2D eigenvalue weighted by Crippen LogP contribution is 2.31. The Morgan fingerprint density at radius 1 is 1.22 bits per heavy atom. The van der Waals surface area contributed by atoms with Gasteiger partial charge in [-0.2, -0.15) is 0 Å². The molecule has 1 aliphatic rings. The molecule has 1 aromatic rings. The summed E-state index contributed by atoms with van der Waals surface area (Å²) >= 11 is 0. The predicted octanol–water partition coefficient (Wildman–Crippen LogP) is 4.05. The minimum Gasteiger partial charge on any atom is -0.490 e. The van der Waals surface area contributed by atoms with Gasteiger partial charge in [-0.25, -0.2) is 0 Å². The van der Waals surface area contributed by atoms with Crippen molar-refractivity contribution in [2.45, 2.75) is 58.1 Å². The normalized spacial score (nSPS) is 25.7. The van der Waals surface area contributed by atoms with Gasteiger partial charge in [-0.1, -0.05) is 31.5 Å². The maximum Gasteiger partial charge on any atom is 0.124 e. The van der Waals surface area contributed by atoms with Gasteiger partial charge >= 0.3 is 0 Å². The van der Waals surface area contributed by atoms with E-state index in [1.165, 1.54) is 32.1 Å². The van der Waals surface area contributed by atoms with E-state index in [1.807, 2.05) is 25.1 Å². The summed E-state index contributed by atoms with van der Waals surface area (Å²) in [6, 6.07) is 8.20. The van der Waals surface area contributed by atoms with Crippen molar-refractivity contribution in [2.24, 2.45) is 11.7 Å². The second-order valence-electron chi connectivity index (χ2n) is 5.50. The maximum absolute atomic E-state index is 6.16. The molecule has 1 aliphatic carbocycles. The average molecular weight is 247 g/mol. The molecule has 1 fully saturated rings. The van der Waals surface area contributed by atoms with Crippen LogP contribution in [0.1, 0.15) is 57.6 Å². The first-order chi connectivity index (χ1) is 8.70. The van der Waals surface area contributed by atoms with Gasteiger partial charge in [-0.15, -0.1) is 0 Å². The summed E-state index contributed by atoms with van der Waals surface area (Å²) in [7, 11) is 0. The number of benzene rings is 1. The zero-order valence-electron chi connectivity index (χ0n) is 11.6. The average Bonchev–Trinajstić information content (AvgIpc) is 2.40. The van der Waals surface area contributed by atoms with Gasteiger partial charge in [0, 0.05) is 11.6 Å². The Morgan fingerprint density at radius 2 is 1.89 bits per heavy atom. The molecule has 0 radical (unpaired) electrons. The molecule has 0 heterocycles. The van der Waals surface area contributed by atoms with Crippen molar-refractivity contribution in [3.63, 3.8) is 0 Å². The Balaban J connectivity index is 1.98. The van der Waals surface area contributed by atoms with Gasteiger partial charge in [0.05, 0.1) is 6.10 Å². The van der Waals surface area contributed by atoms with Crippen molar-refractivity contribution >= 4 is 0 Å². The van der Waals surface area contributed by atoms with Gasteiger partial charge in [0.25, 0.3) is 0 Å². The van der Waals surface area contributed by atoms with Crippen LogP contribution in [0.25, 0.3) is 0 Å². The summed E-state index contributed by atoms with van der Waals surface area (Å²) in [5.41, 5.74) is 7.10. The molecule has 0 aliphatic heterocycles. The molecule has 0 saturated heterocycles. The van der Waals surface area contributed by atoms with Gasteiger partial charge in [-0.3, -0.25) is 0 Å². The standard InChI is InChI=1S/C16H25NO/c1-3-13-8-10-14(11-9-13)18-16-7-5-4-6-15(16)12(2)17/h4-7,12-14H,3,8-11,17H2,1-2H3. The summed E-state index contributed by atoms with van der Waals surface area (Å²) in [6.07, 6.45) is 6.68. The highest BCUT2D eigenvalue weighted by atomic mass is 16.5. The van der Waals surface area contributed by atoms with Crippen LogP contribution in [0.5, 0.6) is 5.75 Å². The molecular weight excluding hydrogens is 222 g/mol. The predicted molar refractivity (Wildman–Crippen MR) is 75.7 cm³/mol. The van der Waals surface area contributed by atoms with Gasteiger partial charge in [0.2, 0.25) is 0 Å². The van der Waals surface area contributed by atoms with Crippen LogP contribution < -0.4 is 10.5 Å². The largest absolute Gasteiger partial charge is 0.490 e. The van der Waals surface area contributed by atoms with Crippen LogP contribution in [0.2, 0.25) is 0 Å². The number of hydrogen-bond acceptors (Lipinski definition) is 2. The molecule has 2 heteroatoms. The molecule has 1 saturated carbocycles. The summed E-state index contributed by atoms with van der Waals surface area (Å²) in [6.45, 7) is 4.30. The van der Waals surface area contributed by atoms with Gasteiger partial charge in [0.15, 0.2) is 0 Å². The molecule has 1 unspecified atom stereocenters. The summed E-state index contributed by atoms with van der Waals surface area (Å²) in [5, 5.41) is 0. The quantitative estimate of drug-likeness (QED) is 0.871. The zero-order chi connectivity index (χ0) is 13.0. The lowest BCUT2D eigenvalue weighted by Gasteiger charge is -2.29. The Kier molecular flexibility index (Phi) is 4.65. The third kappa shape index (κ3) is 3.26. The third-order valence-electron chi connectivity index (χ3n) is 4.07. The summed E-state index contributed by atoms with van der Waals surface area (Å²) in [4.78, 5) is 0. The Hall–Kier alpha value is -1.02. The van der Waals surface area contributed by atoms with E-state index in [0.29, 0.717) is 6.10 Å². The fourth-order valence-electron chi connectivity index (χ4n) is 2.80. The number of rotatable bonds is 4. The minimum atomic E-state index is 0.0354. The van der Waals surface area contributed by atoms with E-state index >= 15 is 0 Å². The number of nitrogens with two attached hydrogens (primary N) is 1. The minimum absolute atomic E-state index is 0.0354. The Bertz CT molecular complexity index is 367. The smallest absolute Gasteiger partial charge is 0.124 e. The molecule has 0 aromatic heterocycles. The lowest BCUT2D eigenvalue weighted by atomic mass is 9.86. The van der Waals surface area contributed by atoms with Crippen molar-refractivity contribution in [3.05, 3.63) is 29.8 Å². The van der Waals surface area contributed by atoms with Crippen LogP contribution >= 0.6 is 0 Å². The van der Waals surface area contributed by atoms with Crippen LogP contribution in [0.4, 0.5) is 0 Å². The molecule has 2 N–H and O–H groups in total. The lowest BCUT2D eigenvalue weighted by Crippen LogP contribution is -2.24. The van der Waals surface area contributed by atoms with Crippen molar-refractivity contribution < 1.29 is 4.74 Å². The zero-order valence-corrected chi connectivity index (χ0v) is 11.6. The van der Waals surface area contributed by atoms with Gasteiger partial charge in [-0.05, 0) is 44.6 Å². The highest BCUT2D eigenvalue weighted by Gasteiger charge is 2.22. The molecular formula is C16H25NO. The monoisotopic (exact) mass is 247 g/mol. The van der Waals surface area contributed by atoms with E-state index in [1.54, 1.807) is 0 Å².